The van der Waals surface area contributed by atoms with Crippen LogP contribution in [-0.2, 0) is 19.5 Å². The fourth-order valence-corrected chi connectivity index (χ4v) is 3.52. The minimum absolute atomic E-state index is 0.0272. The Hall–Kier alpha value is -2.13. The van der Waals surface area contributed by atoms with Crippen LogP contribution in [0.1, 0.15) is 53.7 Å². The van der Waals surface area contributed by atoms with Crippen molar-refractivity contribution in [2.75, 3.05) is 6.54 Å². The van der Waals surface area contributed by atoms with Gasteiger partial charge < -0.3 is 5.32 Å². The van der Waals surface area contributed by atoms with Gasteiger partial charge in [-0.15, -0.1) is 0 Å². The maximum Gasteiger partial charge on any atom is 0.251 e. The van der Waals surface area contributed by atoms with E-state index in [4.69, 9.17) is 0 Å². The summed E-state index contributed by atoms with van der Waals surface area (Å²) in [6.45, 7) is 7.23. The SMILES string of the molecule is CCC[C@@H](C)NC(=O)c1ccc(CN2CCc3ccccc3C2)cc1. The van der Waals surface area contributed by atoms with Crippen LogP contribution < -0.4 is 5.32 Å². The number of amides is 1. The summed E-state index contributed by atoms with van der Waals surface area (Å²) in [5.74, 6) is 0.0272. The van der Waals surface area contributed by atoms with E-state index >= 15 is 0 Å². The Bertz CT molecular complexity index is 708. The normalized spacial score (nSPS) is 15.4. The van der Waals surface area contributed by atoms with Gasteiger partial charge in [0.25, 0.3) is 5.91 Å². The summed E-state index contributed by atoms with van der Waals surface area (Å²) in [6.07, 6.45) is 3.21. The predicted molar refractivity (Wildman–Crippen MR) is 103 cm³/mol. The summed E-state index contributed by atoms with van der Waals surface area (Å²) in [4.78, 5) is 14.7. The van der Waals surface area contributed by atoms with Crippen molar-refractivity contribution in [1.29, 1.82) is 0 Å². The van der Waals surface area contributed by atoms with Gasteiger partial charge in [-0.25, -0.2) is 0 Å². The van der Waals surface area contributed by atoms with Crippen LogP contribution in [0.2, 0.25) is 0 Å². The second kappa shape index (κ2) is 8.30. The molecule has 1 N–H and O–H groups in total. The van der Waals surface area contributed by atoms with Crippen LogP contribution in [0.4, 0.5) is 0 Å². The zero-order valence-corrected chi connectivity index (χ0v) is 15.3. The predicted octanol–water partition coefficient (Wildman–Crippen LogP) is 4.16. The van der Waals surface area contributed by atoms with Crippen LogP contribution in [0.25, 0.3) is 0 Å². The van der Waals surface area contributed by atoms with Crippen LogP contribution in [0, 0.1) is 0 Å². The van der Waals surface area contributed by atoms with Gasteiger partial charge in [-0.2, -0.15) is 0 Å². The number of hydrogen-bond acceptors (Lipinski definition) is 2. The third-order valence-corrected chi connectivity index (χ3v) is 4.93. The molecule has 1 heterocycles. The van der Waals surface area contributed by atoms with Crippen LogP contribution in [0.3, 0.4) is 0 Å². The highest BCUT2D eigenvalue weighted by Crippen LogP contribution is 2.20. The third-order valence-electron chi connectivity index (χ3n) is 4.93. The molecule has 0 spiro atoms. The van der Waals surface area contributed by atoms with Crippen LogP contribution in [-0.4, -0.2) is 23.4 Å². The molecule has 0 bridgehead atoms. The van der Waals surface area contributed by atoms with E-state index < -0.39 is 0 Å². The Morgan fingerprint density at radius 1 is 1.12 bits per heavy atom. The summed E-state index contributed by atoms with van der Waals surface area (Å²) in [5, 5.41) is 3.06. The molecule has 0 fully saturated rings. The van der Waals surface area contributed by atoms with Crippen molar-refractivity contribution in [1.82, 2.24) is 10.2 Å². The first-order valence-corrected chi connectivity index (χ1v) is 9.34. The van der Waals surface area contributed by atoms with Crippen LogP contribution in [0.15, 0.2) is 48.5 Å². The van der Waals surface area contributed by atoms with Gasteiger partial charge in [-0.05, 0) is 48.6 Å². The summed E-state index contributed by atoms with van der Waals surface area (Å²) in [5.41, 5.74) is 4.93. The molecule has 1 amide bonds. The van der Waals surface area contributed by atoms with Crippen molar-refractivity contribution in [2.24, 2.45) is 0 Å². The largest absolute Gasteiger partial charge is 0.350 e. The Balaban J connectivity index is 1.57. The summed E-state index contributed by atoms with van der Waals surface area (Å²) in [6, 6.07) is 17.0. The molecule has 2 aromatic carbocycles. The van der Waals surface area contributed by atoms with Crippen LogP contribution >= 0.6 is 0 Å². The van der Waals surface area contributed by atoms with E-state index in [1.165, 1.54) is 16.7 Å². The average Bonchev–Trinajstić information content (AvgIpc) is 2.62. The molecule has 1 atom stereocenters. The number of rotatable bonds is 6. The van der Waals surface area contributed by atoms with Gasteiger partial charge in [-0.3, -0.25) is 9.69 Å². The van der Waals surface area contributed by atoms with E-state index in [0.717, 1.165) is 44.5 Å². The second-order valence-electron chi connectivity index (χ2n) is 7.09. The van der Waals surface area contributed by atoms with Crippen molar-refractivity contribution < 1.29 is 4.79 Å². The van der Waals surface area contributed by atoms with E-state index in [1.807, 2.05) is 12.1 Å². The fraction of sp³-hybridized carbons (Fsp3) is 0.409. The summed E-state index contributed by atoms with van der Waals surface area (Å²) < 4.78 is 0. The molecule has 1 aliphatic rings. The van der Waals surface area contributed by atoms with E-state index in [1.54, 1.807) is 0 Å². The lowest BCUT2D eigenvalue weighted by Gasteiger charge is -2.28. The lowest BCUT2D eigenvalue weighted by atomic mass is 9.99. The highest BCUT2D eigenvalue weighted by Gasteiger charge is 2.16. The number of carbonyl (C=O) groups is 1. The Morgan fingerprint density at radius 3 is 2.56 bits per heavy atom. The van der Waals surface area contributed by atoms with E-state index in [2.05, 4.69) is 60.5 Å². The van der Waals surface area contributed by atoms with E-state index in [-0.39, 0.29) is 11.9 Å². The lowest BCUT2D eigenvalue weighted by Crippen LogP contribution is -2.32. The number of benzene rings is 2. The summed E-state index contributed by atoms with van der Waals surface area (Å²) >= 11 is 0. The molecule has 3 rings (SSSR count). The zero-order valence-electron chi connectivity index (χ0n) is 15.3. The number of hydrogen-bond donors (Lipinski definition) is 1. The lowest BCUT2D eigenvalue weighted by molar-refractivity contribution is 0.0938. The van der Waals surface area contributed by atoms with Gasteiger partial charge in [-0.1, -0.05) is 49.7 Å². The molecule has 25 heavy (non-hydrogen) atoms. The highest BCUT2D eigenvalue weighted by molar-refractivity contribution is 5.94. The number of nitrogens with one attached hydrogen (secondary N) is 1. The second-order valence-corrected chi connectivity index (χ2v) is 7.09. The number of nitrogens with zero attached hydrogens (tertiary/aromatic N) is 1. The molecular formula is C22H28N2O. The fourth-order valence-electron chi connectivity index (χ4n) is 3.52. The Kier molecular flexibility index (Phi) is 5.87. The molecule has 0 saturated carbocycles. The number of fused-ring (bicyclic) bond motifs is 1. The van der Waals surface area contributed by atoms with Crippen molar-refractivity contribution >= 4 is 5.91 Å². The first-order chi connectivity index (χ1) is 12.2. The highest BCUT2D eigenvalue weighted by atomic mass is 16.1. The Morgan fingerprint density at radius 2 is 1.84 bits per heavy atom. The van der Waals surface area contributed by atoms with E-state index in [0.29, 0.717) is 0 Å². The van der Waals surface area contributed by atoms with Gasteiger partial charge >= 0.3 is 0 Å². The molecule has 132 valence electrons. The van der Waals surface area contributed by atoms with Crippen molar-refractivity contribution in [3.8, 4) is 0 Å². The van der Waals surface area contributed by atoms with Crippen molar-refractivity contribution in [2.45, 2.75) is 52.2 Å². The topological polar surface area (TPSA) is 32.3 Å². The number of carbonyl (C=O) groups excluding carboxylic acids is 1. The molecular weight excluding hydrogens is 308 g/mol. The smallest absolute Gasteiger partial charge is 0.251 e. The Labute approximate surface area is 151 Å². The van der Waals surface area contributed by atoms with Gasteiger partial charge in [0.1, 0.15) is 0 Å². The van der Waals surface area contributed by atoms with E-state index in [9.17, 15) is 4.79 Å². The molecule has 0 unspecified atom stereocenters. The minimum atomic E-state index is 0.0272. The molecule has 0 saturated heterocycles. The van der Waals surface area contributed by atoms with Gasteiger partial charge in [0.05, 0.1) is 0 Å². The first-order valence-electron chi connectivity index (χ1n) is 9.34. The molecule has 3 nitrogen and oxygen atoms in total. The van der Waals surface area contributed by atoms with Crippen LogP contribution in [0.5, 0.6) is 0 Å². The molecule has 0 aromatic heterocycles. The molecule has 0 radical (unpaired) electrons. The summed E-state index contributed by atoms with van der Waals surface area (Å²) in [7, 11) is 0. The molecule has 0 aliphatic carbocycles. The van der Waals surface area contributed by atoms with Gasteiger partial charge in [0, 0.05) is 31.2 Å². The average molecular weight is 336 g/mol. The van der Waals surface area contributed by atoms with Crippen molar-refractivity contribution in [3.63, 3.8) is 0 Å². The molecule has 1 aliphatic heterocycles. The first kappa shape index (κ1) is 17.7. The third kappa shape index (κ3) is 4.70. The minimum Gasteiger partial charge on any atom is -0.350 e. The maximum atomic E-state index is 12.2. The zero-order chi connectivity index (χ0) is 17.6. The van der Waals surface area contributed by atoms with Gasteiger partial charge in [0.2, 0.25) is 0 Å². The van der Waals surface area contributed by atoms with Crippen molar-refractivity contribution in [3.05, 3.63) is 70.8 Å². The standard InChI is InChI=1S/C22H28N2O/c1-3-6-17(2)23-22(25)20-11-9-18(10-12-20)15-24-14-13-19-7-4-5-8-21(19)16-24/h4-5,7-12,17H,3,6,13-16H2,1-2H3,(H,23,25)/t17-/m1/s1. The molecule has 2 aromatic rings. The monoisotopic (exact) mass is 336 g/mol. The molecule has 3 heteroatoms. The quantitative estimate of drug-likeness (QED) is 0.859. The van der Waals surface area contributed by atoms with Gasteiger partial charge in [0.15, 0.2) is 0 Å². The maximum absolute atomic E-state index is 12.2.